The van der Waals surface area contributed by atoms with Crippen LogP contribution in [0.3, 0.4) is 0 Å². The minimum absolute atomic E-state index is 0.0714. The molecule has 0 bridgehead atoms. The minimum Gasteiger partial charge on any atom is -0.441 e. The number of likely N-dealkylation sites (tertiary alicyclic amines) is 1. The fourth-order valence-electron chi connectivity index (χ4n) is 2.10. The monoisotopic (exact) mass is 211 g/mol. The first-order valence-corrected chi connectivity index (χ1v) is 5.19. The van der Waals surface area contributed by atoms with E-state index >= 15 is 0 Å². The van der Waals surface area contributed by atoms with Crippen LogP contribution < -0.4 is 5.32 Å². The number of hydrogen-bond acceptors (Lipinski definition) is 3. The quantitative estimate of drug-likeness (QED) is 0.679. The highest BCUT2D eigenvalue weighted by Gasteiger charge is 2.43. The van der Waals surface area contributed by atoms with E-state index in [2.05, 4.69) is 12.2 Å². The molecule has 0 atom stereocenters. The van der Waals surface area contributed by atoms with Gasteiger partial charge in [0.25, 0.3) is 0 Å². The van der Waals surface area contributed by atoms with Crippen molar-refractivity contribution in [3.63, 3.8) is 0 Å². The van der Waals surface area contributed by atoms with Crippen LogP contribution in [-0.4, -0.2) is 42.1 Å². The van der Waals surface area contributed by atoms with E-state index in [0.717, 1.165) is 12.8 Å². The molecular weight excluding hydrogens is 196 g/mol. The van der Waals surface area contributed by atoms with Gasteiger partial charge in [0, 0.05) is 32.4 Å². The van der Waals surface area contributed by atoms with Gasteiger partial charge in [-0.1, -0.05) is 0 Å². The summed E-state index contributed by atoms with van der Waals surface area (Å²) in [7, 11) is 0. The van der Waals surface area contributed by atoms with Crippen LogP contribution >= 0.6 is 0 Å². The third-order valence-electron chi connectivity index (χ3n) is 3.11. The van der Waals surface area contributed by atoms with Crippen molar-refractivity contribution in [2.75, 3.05) is 19.6 Å². The van der Waals surface area contributed by atoms with Gasteiger partial charge in [-0.25, -0.2) is 4.79 Å². The number of amides is 2. The third-order valence-corrected chi connectivity index (χ3v) is 3.11. The third kappa shape index (κ3) is 1.91. The van der Waals surface area contributed by atoms with E-state index in [1.165, 1.54) is 0 Å². The van der Waals surface area contributed by atoms with E-state index in [4.69, 9.17) is 4.74 Å². The maximum absolute atomic E-state index is 11.4. The number of alkyl carbamates (subject to hydrolysis) is 1. The van der Waals surface area contributed by atoms with Gasteiger partial charge in [0.1, 0.15) is 5.60 Å². The summed E-state index contributed by atoms with van der Waals surface area (Å²) in [5, 5.41) is 2.66. The lowest BCUT2D eigenvalue weighted by Crippen LogP contribution is -2.48. The van der Waals surface area contributed by atoms with Gasteiger partial charge in [-0.05, 0) is 6.92 Å². The van der Waals surface area contributed by atoms with Crippen molar-refractivity contribution in [1.29, 1.82) is 0 Å². The van der Waals surface area contributed by atoms with Gasteiger partial charge in [-0.2, -0.15) is 0 Å². The zero-order valence-electron chi connectivity index (χ0n) is 8.62. The number of hydrogen-bond donors (Lipinski definition) is 1. The highest BCUT2D eigenvalue weighted by Crippen LogP contribution is 2.29. The molecule has 0 aromatic carbocycles. The highest BCUT2D eigenvalue weighted by molar-refractivity contribution is 5.77. The van der Waals surface area contributed by atoms with Crippen LogP contribution in [0.1, 0.15) is 19.3 Å². The van der Waals surface area contributed by atoms with Crippen LogP contribution in [0.2, 0.25) is 0 Å². The van der Waals surface area contributed by atoms with E-state index in [1.54, 1.807) is 4.90 Å². The predicted octanol–water partition coefficient (Wildman–Crippen LogP) is 0.312. The van der Waals surface area contributed by atoms with Crippen molar-refractivity contribution < 1.29 is 14.3 Å². The highest BCUT2D eigenvalue weighted by atomic mass is 16.6. The van der Waals surface area contributed by atoms with Crippen molar-refractivity contribution >= 4 is 12.0 Å². The number of nitrogens with zero attached hydrogens (tertiary/aromatic N) is 1. The number of nitrogens with one attached hydrogen (secondary N) is 1. The van der Waals surface area contributed by atoms with Crippen LogP contribution in [0.15, 0.2) is 0 Å². The normalized spacial score (nSPS) is 23.8. The lowest BCUT2D eigenvalue weighted by molar-refractivity contribution is -0.133. The Bertz CT molecular complexity index is 282. The zero-order chi connectivity index (χ0) is 10.9. The molecule has 2 aliphatic heterocycles. The zero-order valence-corrected chi connectivity index (χ0v) is 8.62. The van der Waals surface area contributed by atoms with Crippen molar-refractivity contribution in [2.45, 2.75) is 24.9 Å². The second-order valence-corrected chi connectivity index (χ2v) is 4.06. The Hall–Kier alpha value is -1.26. The lowest BCUT2D eigenvalue weighted by Gasteiger charge is -2.37. The molecule has 1 spiro atoms. The molecule has 1 N–H and O–H groups in total. The molecule has 2 rings (SSSR count). The molecule has 5 heteroatoms. The van der Waals surface area contributed by atoms with Crippen molar-refractivity contribution in [3.05, 3.63) is 6.92 Å². The molecule has 2 heterocycles. The first-order chi connectivity index (χ1) is 7.15. The Kier molecular flexibility index (Phi) is 2.54. The molecule has 2 aliphatic rings. The number of ether oxygens (including phenoxy) is 1. The number of carbonyl (C=O) groups excluding carboxylic acids is 2. The average molecular weight is 211 g/mol. The summed E-state index contributed by atoms with van der Waals surface area (Å²) >= 11 is 0. The fraction of sp³-hybridized carbons (Fsp3) is 0.700. The van der Waals surface area contributed by atoms with Gasteiger partial charge in [0.2, 0.25) is 5.91 Å². The molecule has 5 nitrogen and oxygen atoms in total. The molecule has 0 unspecified atom stereocenters. The van der Waals surface area contributed by atoms with Gasteiger partial charge in [-0.15, -0.1) is 0 Å². The Morgan fingerprint density at radius 1 is 1.53 bits per heavy atom. The maximum Gasteiger partial charge on any atom is 0.407 e. The van der Waals surface area contributed by atoms with Gasteiger partial charge in [0.15, 0.2) is 0 Å². The second-order valence-electron chi connectivity index (χ2n) is 4.06. The van der Waals surface area contributed by atoms with Crippen LogP contribution in [-0.2, 0) is 9.53 Å². The fourth-order valence-corrected chi connectivity index (χ4v) is 2.10. The second kappa shape index (κ2) is 3.72. The topological polar surface area (TPSA) is 58.6 Å². The Balaban J connectivity index is 1.92. The molecule has 15 heavy (non-hydrogen) atoms. The molecule has 2 amide bonds. The van der Waals surface area contributed by atoms with E-state index in [-0.39, 0.29) is 17.6 Å². The summed E-state index contributed by atoms with van der Waals surface area (Å²) in [6.07, 6.45) is 1.40. The number of carbonyl (C=O) groups is 2. The van der Waals surface area contributed by atoms with Gasteiger partial charge >= 0.3 is 6.09 Å². The Labute approximate surface area is 88.8 Å². The maximum atomic E-state index is 11.4. The first kappa shape index (κ1) is 10.3. The van der Waals surface area contributed by atoms with Crippen molar-refractivity contribution in [2.24, 2.45) is 0 Å². The molecule has 0 saturated carbocycles. The first-order valence-electron chi connectivity index (χ1n) is 5.19. The van der Waals surface area contributed by atoms with E-state index in [0.29, 0.717) is 26.1 Å². The van der Waals surface area contributed by atoms with Gasteiger partial charge in [0.05, 0.1) is 6.54 Å². The smallest absolute Gasteiger partial charge is 0.407 e. The summed E-state index contributed by atoms with van der Waals surface area (Å²) in [6, 6.07) is 0. The summed E-state index contributed by atoms with van der Waals surface area (Å²) < 4.78 is 5.25. The Morgan fingerprint density at radius 2 is 2.20 bits per heavy atom. The SMILES string of the molecule is [CH2]CC(=O)N1CCC2(CC1)CNC(=O)O2. The van der Waals surface area contributed by atoms with Crippen LogP contribution in [0.4, 0.5) is 4.79 Å². The summed E-state index contributed by atoms with van der Waals surface area (Å²) in [6.45, 7) is 5.45. The van der Waals surface area contributed by atoms with Crippen molar-refractivity contribution in [1.82, 2.24) is 10.2 Å². The van der Waals surface area contributed by atoms with E-state index in [9.17, 15) is 9.59 Å². The predicted molar refractivity (Wildman–Crippen MR) is 53.0 cm³/mol. The van der Waals surface area contributed by atoms with Gasteiger partial charge < -0.3 is 15.0 Å². The van der Waals surface area contributed by atoms with Gasteiger partial charge in [-0.3, -0.25) is 4.79 Å². The standard InChI is InChI=1S/C10H15N2O3/c1-2-8(13)12-5-3-10(4-6-12)7-11-9(14)15-10/h1-7H2,(H,11,14). The summed E-state index contributed by atoms with van der Waals surface area (Å²) in [5.74, 6) is 0.0714. The van der Waals surface area contributed by atoms with Crippen LogP contribution in [0.25, 0.3) is 0 Å². The van der Waals surface area contributed by atoms with Crippen LogP contribution in [0.5, 0.6) is 0 Å². The molecule has 0 aromatic rings. The molecular formula is C10H15N2O3. The molecule has 83 valence electrons. The molecule has 2 fully saturated rings. The summed E-state index contributed by atoms with van der Waals surface area (Å²) in [4.78, 5) is 24.1. The van der Waals surface area contributed by atoms with E-state index < -0.39 is 0 Å². The molecule has 0 aliphatic carbocycles. The largest absolute Gasteiger partial charge is 0.441 e. The number of piperidine rings is 1. The molecule has 1 radical (unpaired) electrons. The van der Waals surface area contributed by atoms with Crippen LogP contribution in [0, 0.1) is 6.92 Å². The average Bonchev–Trinajstić information content (AvgIpc) is 2.60. The van der Waals surface area contributed by atoms with Crippen molar-refractivity contribution in [3.8, 4) is 0 Å². The molecule has 2 saturated heterocycles. The summed E-state index contributed by atoms with van der Waals surface area (Å²) in [5.41, 5.74) is -0.366. The number of rotatable bonds is 1. The molecule has 0 aromatic heterocycles. The Morgan fingerprint density at radius 3 is 2.67 bits per heavy atom. The van der Waals surface area contributed by atoms with E-state index in [1.807, 2.05) is 0 Å². The minimum atomic E-state index is -0.366. The lowest BCUT2D eigenvalue weighted by atomic mass is 9.91.